The number of halogens is 2. The summed E-state index contributed by atoms with van der Waals surface area (Å²) in [4.78, 5) is 38.4. The first-order valence-corrected chi connectivity index (χ1v) is 10.2. The van der Waals surface area contributed by atoms with E-state index in [1.807, 2.05) is 32.0 Å². The van der Waals surface area contributed by atoms with Crippen molar-refractivity contribution in [2.75, 3.05) is 23.4 Å². The molecule has 2 aromatic rings. The van der Waals surface area contributed by atoms with Crippen LogP contribution in [0.1, 0.15) is 17.5 Å². The number of carbonyl (C=O) groups is 3. The van der Waals surface area contributed by atoms with Crippen LogP contribution in [0.15, 0.2) is 40.9 Å². The van der Waals surface area contributed by atoms with Crippen molar-refractivity contribution < 1.29 is 19.1 Å². The van der Waals surface area contributed by atoms with Gasteiger partial charge in [-0.25, -0.2) is 0 Å². The molecule has 8 heteroatoms. The number of rotatable bonds is 5. The lowest BCUT2D eigenvalue weighted by Gasteiger charge is -2.19. The van der Waals surface area contributed by atoms with Crippen LogP contribution in [0.4, 0.5) is 11.4 Å². The highest BCUT2D eigenvalue weighted by atomic mass is 79.9. The molecular formula is C21H20BrClN2O4. The summed E-state index contributed by atoms with van der Waals surface area (Å²) in [6.07, 6.45) is 0.0656. The Labute approximate surface area is 182 Å². The highest BCUT2D eigenvalue weighted by Gasteiger charge is 2.36. The zero-order valence-corrected chi connectivity index (χ0v) is 18.3. The van der Waals surface area contributed by atoms with Gasteiger partial charge in [0.25, 0.3) is 5.91 Å². The second-order valence-electron chi connectivity index (χ2n) is 6.98. The number of anilines is 2. The molecular weight excluding hydrogens is 460 g/mol. The number of carbonyl (C=O) groups excluding carboxylic acids is 3. The van der Waals surface area contributed by atoms with E-state index < -0.39 is 24.4 Å². The first-order valence-electron chi connectivity index (χ1n) is 9.03. The molecule has 0 bridgehead atoms. The van der Waals surface area contributed by atoms with Crippen molar-refractivity contribution in [1.82, 2.24) is 0 Å². The lowest BCUT2D eigenvalue weighted by Crippen LogP contribution is -2.28. The minimum Gasteiger partial charge on any atom is -0.455 e. The third-order valence-electron chi connectivity index (χ3n) is 4.66. The van der Waals surface area contributed by atoms with E-state index in [9.17, 15) is 14.4 Å². The molecule has 6 nitrogen and oxygen atoms in total. The number of amides is 2. The van der Waals surface area contributed by atoms with Crippen LogP contribution in [0.3, 0.4) is 0 Å². The second-order valence-corrected chi connectivity index (χ2v) is 8.24. The molecule has 1 saturated heterocycles. The number of hydrogen-bond donors (Lipinski definition) is 1. The van der Waals surface area contributed by atoms with Crippen molar-refractivity contribution in [2.45, 2.75) is 20.3 Å². The highest BCUT2D eigenvalue weighted by Crippen LogP contribution is 2.29. The quantitative estimate of drug-likeness (QED) is 0.651. The molecule has 2 aromatic carbocycles. The average Bonchev–Trinajstić information content (AvgIpc) is 3.06. The number of benzene rings is 2. The van der Waals surface area contributed by atoms with Crippen molar-refractivity contribution in [3.63, 3.8) is 0 Å². The van der Waals surface area contributed by atoms with Crippen molar-refractivity contribution in [3.8, 4) is 0 Å². The van der Waals surface area contributed by atoms with Crippen LogP contribution in [0.2, 0.25) is 5.02 Å². The summed E-state index contributed by atoms with van der Waals surface area (Å²) >= 11 is 9.26. The van der Waals surface area contributed by atoms with Gasteiger partial charge in [-0.1, -0.05) is 23.7 Å². The minimum atomic E-state index is -0.600. The molecule has 0 aliphatic carbocycles. The van der Waals surface area contributed by atoms with Gasteiger partial charge in [0.05, 0.1) is 10.9 Å². The Kier molecular flexibility index (Phi) is 6.59. The molecule has 1 aliphatic heterocycles. The van der Waals surface area contributed by atoms with Gasteiger partial charge in [-0.05, 0) is 65.2 Å². The Hall–Kier alpha value is -2.38. The third kappa shape index (κ3) is 5.16. The van der Waals surface area contributed by atoms with Gasteiger partial charge in [-0.3, -0.25) is 14.4 Å². The normalized spacial score (nSPS) is 16.1. The maximum atomic E-state index is 12.4. The topological polar surface area (TPSA) is 75.7 Å². The molecule has 0 aromatic heterocycles. The molecule has 1 N–H and O–H groups in total. The van der Waals surface area contributed by atoms with Gasteiger partial charge in [-0.2, -0.15) is 0 Å². The summed E-state index contributed by atoms with van der Waals surface area (Å²) in [5, 5.41) is 3.07. The number of nitrogens with one attached hydrogen (secondary N) is 1. The van der Waals surface area contributed by atoms with E-state index in [0.717, 1.165) is 16.8 Å². The lowest BCUT2D eigenvalue weighted by molar-refractivity contribution is -0.151. The predicted molar refractivity (Wildman–Crippen MR) is 115 cm³/mol. The molecule has 2 amide bonds. The standard InChI is InChI=1S/C21H20BrClN2O4/c1-12-3-4-13(2)18(7-12)25-10-14(8-20(25)27)21(28)29-11-19(26)24-15-5-6-16(22)17(23)9-15/h3-7,9,14H,8,10-11H2,1-2H3,(H,24,26)/t14-/m0/s1. The maximum Gasteiger partial charge on any atom is 0.311 e. The zero-order chi connectivity index (χ0) is 21.1. The fraction of sp³-hybridized carbons (Fsp3) is 0.286. The summed E-state index contributed by atoms with van der Waals surface area (Å²) in [6, 6.07) is 10.8. The molecule has 0 radical (unpaired) electrons. The van der Waals surface area contributed by atoms with Crippen molar-refractivity contribution >= 4 is 56.7 Å². The van der Waals surface area contributed by atoms with Gasteiger partial charge in [0.15, 0.2) is 6.61 Å². The predicted octanol–water partition coefficient (Wildman–Crippen LogP) is 4.25. The molecule has 3 rings (SSSR count). The van der Waals surface area contributed by atoms with Gasteiger partial charge < -0.3 is 15.0 Å². The summed E-state index contributed by atoms with van der Waals surface area (Å²) in [6.45, 7) is 3.69. The van der Waals surface area contributed by atoms with E-state index in [2.05, 4.69) is 21.2 Å². The van der Waals surface area contributed by atoms with E-state index >= 15 is 0 Å². The van der Waals surface area contributed by atoms with Crippen LogP contribution < -0.4 is 10.2 Å². The van der Waals surface area contributed by atoms with Gasteiger partial charge >= 0.3 is 5.97 Å². The molecule has 0 saturated carbocycles. The van der Waals surface area contributed by atoms with Crippen LogP contribution in [-0.4, -0.2) is 30.9 Å². The number of ether oxygens (including phenoxy) is 1. The molecule has 1 heterocycles. The first kappa shape index (κ1) is 21.3. The molecule has 152 valence electrons. The first-order chi connectivity index (χ1) is 13.7. The molecule has 1 fully saturated rings. The maximum absolute atomic E-state index is 12.4. The Morgan fingerprint density at radius 3 is 2.72 bits per heavy atom. The van der Waals surface area contributed by atoms with Gasteiger partial charge in [0.1, 0.15) is 0 Å². The van der Waals surface area contributed by atoms with Gasteiger partial charge in [-0.15, -0.1) is 0 Å². The Bertz CT molecular complexity index is 979. The van der Waals surface area contributed by atoms with Crippen LogP contribution in [0.5, 0.6) is 0 Å². The minimum absolute atomic E-state index is 0.0656. The van der Waals surface area contributed by atoms with Crippen molar-refractivity contribution in [1.29, 1.82) is 0 Å². The fourth-order valence-electron chi connectivity index (χ4n) is 3.13. The van der Waals surface area contributed by atoms with E-state index in [-0.39, 0.29) is 18.9 Å². The van der Waals surface area contributed by atoms with Crippen LogP contribution in [0.25, 0.3) is 0 Å². The smallest absolute Gasteiger partial charge is 0.311 e. The van der Waals surface area contributed by atoms with Gasteiger partial charge in [0, 0.05) is 28.8 Å². The molecule has 0 unspecified atom stereocenters. The highest BCUT2D eigenvalue weighted by molar-refractivity contribution is 9.10. The number of aryl methyl sites for hydroxylation is 2. The SMILES string of the molecule is Cc1ccc(C)c(N2C[C@@H](C(=O)OCC(=O)Nc3ccc(Br)c(Cl)c3)CC2=O)c1. The molecule has 29 heavy (non-hydrogen) atoms. The largest absolute Gasteiger partial charge is 0.455 e. The summed E-state index contributed by atoms with van der Waals surface area (Å²) in [7, 11) is 0. The fourth-order valence-corrected chi connectivity index (χ4v) is 3.56. The second kappa shape index (κ2) is 8.97. The molecule has 1 atom stereocenters. The summed E-state index contributed by atoms with van der Waals surface area (Å²) < 4.78 is 5.84. The zero-order valence-electron chi connectivity index (χ0n) is 16.0. The lowest BCUT2D eigenvalue weighted by atomic mass is 10.1. The number of nitrogens with zero attached hydrogens (tertiary/aromatic N) is 1. The Morgan fingerprint density at radius 1 is 1.24 bits per heavy atom. The average molecular weight is 480 g/mol. The summed E-state index contributed by atoms with van der Waals surface area (Å²) in [5.74, 6) is -1.77. The van der Waals surface area contributed by atoms with E-state index in [4.69, 9.17) is 16.3 Å². The van der Waals surface area contributed by atoms with Crippen molar-refractivity contribution in [3.05, 3.63) is 57.0 Å². The monoisotopic (exact) mass is 478 g/mol. The molecule has 1 aliphatic rings. The van der Waals surface area contributed by atoms with Crippen LogP contribution >= 0.6 is 27.5 Å². The Morgan fingerprint density at radius 2 is 2.00 bits per heavy atom. The van der Waals surface area contributed by atoms with Crippen LogP contribution in [-0.2, 0) is 19.1 Å². The van der Waals surface area contributed by atoms with Crippen LogP contribution in [0, 0.1) is 19.8 Å². The summed E-state index contributed by atoms with van der Waals surface area (Å²) in [5.41, 5.74) is 3.30. The Balaban J connectivity index is 1.56. The van der Waals surface area contributed by atoms with E-state index in [1.54, 1.807) is 23.1 Å². The number of hydrogen-bond acceptors (Lipinski definition) is 4. The number of esters is 1. The van der Waals surface area contributed by atoms with Gasteiger partial charge in [0.2, 0.25) is 5.91 Å². The molecule has 0 spiro atoms. The van der Waals surface area contributed by atoms with E-state index in [0.29, 0.717) is 15.2 Å². The third-order valence-corrected chi connectivity index (χ3v) is 5.90. The van der Waals surface area contributed by atoms with E-state index in [1.165, 1.54) is 0 Å². The van der Waals surface area contributed by atoms with Crippen molar-refractivity contribution in [2.24, 2.45) is 5.92 Å².